The van der Waals surface area contributed by atoms with Gasteiger partial charge in [-0.15, -0.1) is 0 Å². The van der Waals surface area contributed by atoms with E-state index in [9.17, 15) is 0 Å². The number of pyridine rings is 1. The van der Waals surface area contributed by atoms with Gasteiger partial charge in [0.05, 0.1) is 5.69 Å². The van der Waals surface area contributed by atoms with Gasteiger partial charge in [0.2, 0.25) is 0 Å². The molecule has 0 unspecified atom stereocenters. The molecule has 1 aromatic heterocycles. The van der Waals surface area contributed by atoms with Gasteiger partial charge >= 0.3 is 0 Å². The molecule has 0 saturated carbocycles. The van der Waals surface area contributed by atoms with Gasteiger partial charge in [-0.25, -0.2) is 0 Å². The third-order valence-corrected chi connectivity index (χ3v) is 7.32. The molecule has 0 spiro atoms. The topological polar surface area (TPSA) is 40.2 Å². The average molecular weight is 570 g/mol. The van der Waals surface area contributed by atoms with Crippen molar-refractivity contribution in [1.29, 1.82) is 0 Å². The first-order valence-electron chi connectivity index (χ1n) is 14.5. The molecule has 1 radical (unpaired) electrons. The van der Waals surface area contributed by atoms with Crippen LogP contribution in [0.1, 0.15) is 107 Å². The average Bonchev–Trinajstić information content (AvgIpc) is 2.88. The molecule has 3 aromatic rings. The van der Waals surface area contributed by atoms with Crippen molar-refractivity contribution in [2.24, 2.45) is 0 Å². The fraction of sp³-hybridized carbons (Fsp3) is 0.500. The number of anilines is 2. The van der Waals surface area contributed by atoms with Crippen LogP contribution in [0.15, 0.2) is 60.8 Å². The summed E-state index contributed by atoms with van der Waals surface area (Å²) < 4.78 is 0. The number of nitrogens with one attached hydrogen (secondary N) is 2. The molecule has 0 bridgehead atoms. The summed E-state index contributed by atoms with van der Waals surface area (Å²) in [6.45, 7) is 22.8. The Bertz CT molecular complexity index is 1000. The Labute approximate surface area is 248 Å². The number of rotatable bonds is 14. The fourth-order valence-corrected chi connectivity index (χ4v) is 5.18. The Kier molecular flexibility index (Phi) is 13.5. The van der Waals surface area contributed by atoms with Crippen LogP contribution in [-0.2, 0) is 23.6 Å². The maximum absolute atomic E-state index is 4.62. The summed E-state index contributed by atoms with van der Waals surface area (Å²) in [5, 5.41) is 7.67. The van der Waals surface area contributed by atoms with Crippen molar-refractivity contribution < 1.29 is 17.1 Å². The smallest absolute Gasteiger partial charge is 0.0543 e. The van der Waals surface area contributed by atoms with Crippen molar-refractivity contribution in [3.05, 3.63) is 88.7 Å². The Morgan fingerprint density at radius 1 is 0.590 bits per heavy atom. The Balaban J connectivity index is 0.00000533. The van der Waals surface area contributed by atoms with E-state index in [1.807, 2.05) is 12.3 Å². The van der Waals surface area contributed by atoms with Gasteiger partial charge in [0.1, 0.15) is 0 Å². The second-order valence-corrected chi connectivity index (χ2v) is 11.7. The van der Waals surface area contributed by atoms with Crippen LogP contribution < -0.4 is 10.6 Å². The van der Waals surface area contributed by atoms with Gasteiger partial charge in [0.25, 0.3) is 0 Å². The molecule has 213 valence electrons. The van der Waals surface area contributed by atoms with E-state index < -0.39 is 0 Å². The Morgan fingerprint density at radius 3 is 1.33 bits per heavy atom. The number of benzene rings is 2. The summed E-state index contributed by atoms with van der Waals surface area (Å²) in [6.07, 6.45) is 1.89. The minimum Gasteiger partial charge on any atom is -0.383 e. The van der Waals surface area contributed by atoms with Gasteiger partial charge in [0.15, 0.2) is 0 Å². The monoisotopic (exact) mass is 569 g/mol. The van der Waals surface area contributed by atoms with Crippen molar-refractivity contribution in [2.45, 2.75) is 85.6 Å². The summed E-state index contributed by atoms with van der Waals surface area (Å²) in [4.78, 5) is 7.13. The van der Waals surface area contributed by atoms with E-state index in [0.29, 0.717) is 23.7 Å². The Morgan fingerprint density at radius 2 is 1.00 bits per heavy atom. The molecular formula is C34H50MnN4. The van der Waals surface area contributed by atoms with E-state index >= 15 is 0 Å². The summed E-state index contributed by atoms with van der Waals surface area (Å²) in [6, 6.07) is 19.7. The molecule has 0 amide bonds. The van der Waals surface area contributed by atoms with Crippen LogP contribution in [0, 0.1) is 0 Å². The van der Waals surface area contributed by atoms with E-state index in [4.69, 9.17) is 0 Å². The van der Waals surface area contributed by atoms with E-state index in [-0.39, 0.29) is 17.1 Å². The molecule has 39 heavy (non-hydrogen) atoms. The second kappa shape index (κ2) is 16.1. The standard InChI is InChI=1S/C34H50N4.Mn/c1-24(2)29-14-11-15-30(25(3)4)33(29)36-19-21-38(23-28-13-9-10-18-35-28)22-20-37-34-31(26(5)6)16-12-17-32(34)27(7)8;/h9-18,24-27,36-37H,19-23H2,1-8H3;. The summed E-state index contributed by atoms with van der Waals surface area (Å²) in [5.41, 5.74) is 9.37. The van der Waals surface area contributed by atoms with Crippen LogP contribution in [0.2, 0.25) is 0 Å². The predicted molar refractivity (Wildman–Crippen MR) is 166 cm³/mol. The summed E-state index contributed by atoms with van der Waals surface area (Å²) in [7, 11) is 0. The number of para-hydroxylation sites is 2. The molecule has 0 aliphatic heterocycles. The quantitative estimate of drug-likeness (QED) is 0.191. The number of nitrogens with zero attached hydrogens (tertiary/aromatic N) is 2. The zero-order chi connectivity index (χ0) is 27.7. The molecule has 2 N–H and O–H groups in total. The van der Waals surface area contributed by atoms with Gasteiger partial charge < -0.3 is 10.6 Å². The van der Waals surface area contributed by atoms with Gasteiger partial charge in [-0.1, -0.05) is 97.9 Å². The molecule has 0 aliphatic carbocycles. The Hall–Kier alpha value is -2.33. The molecule has 0 fully saturated rings. The SMILES string of the molecule is CC(C)c1cccc(C(C)C)c1NCCN(CCNc1c(C(C)C)cccc1C(C)C)Cc1ccccn1.[Mn]. The van der Waals surface area contributed by atoms with Crippen molar-refractivity contribution in [2.75, 3.05) is 36.8 Å². The first kappa shape index (κ1) is 32.9. The van der Waals surface area contributed by atoms with E-state index in [2.05, 4.69) is 124 Å². The van der Waals surface area contributed by atoms with Crippen LogP contribution in [0.5, 0.6) is 0 Å². The third-order valence-electron chi connectivity index (χ3n) is 7.32. The van der Waals surface area contributed by atoms with E-state index in [0.717, 1.165) is 38.4 Å². The second-order valence-electron chi connectivity index (χ2n) is 11.7. The van der Waals surface area contributed by atoms with Gasteiger partial charge in [-0.3, -0.25) is 9.88 Å². The maximum Gasteiger partial charge on any atom is 0.0543 e. The molecule has 3 rings (SSSR count). The third kappa shape index (κ3) is 9.38. The maximum atomic E-state index is 4.62. The molecule has 4 nitrogen and oxygen atoms in total. The summed E-state index contributed by atoms with van der Waals surface area (Å²) >= 11 is 0. The normalized spacial score (nSPS) is 11.5. The molecular weight excluding hydrogens is 519 g/mol. The number of hydrogen-bond donors (Lipinski definition) is 2. The first-order valence-corrected chi connectivity index (χ1v) is 14.5. The van der Waals surface area contributed by atoms with Crippen LogP contribution >= 0.6 is 0 Å². The summed E-state index contributed by atoms with van der Waals surface area (Å²) in [5.74, 6) is 1.95. The molecule has 2 aromatic carbocycles. The van der Waals surface area contributed by atoms with E-state index in [1.165, 1.54) is 33.6 Å². The number of hydrogen-bond acceptors (Lipinski definition) is 4. The minimum absolute atomic E-state index is 0. The van der Waals surface area contributed by atoms with Crippen LogP contribution in [0.4, 0.5) is 11.4 Å². The first-order chi connectivity index (χ1) is 18.2. The minimum atomic E-state index is 0. The van der Waals surface area contributed by atoms with Crippen molar-refractivity contribution in [1.82, 2.24) is 9.88 Å². The largest absolute Gasteiger partial charge is 0.383 e. The molecule has 5 heteroatoms. The van der Waals surface area contributed by atoms with Gasteiger partial charge in [0, 0.05) is 67.4 Å². The van der Waals surface area contributed by atoms with E-state index in [1.54, 1.807) is 0 Å². The van der Waals surface area contributed by atoms with Crippen LogP contribution in [0.3, 0.4) is 0 Å². The van der Waals surface area contributed by atoms with Crippen LogP contribution in [-0.4, -0.2) is 36.1 Å². The fourth-order valence-electron chi connectivity index (χ4n) is 5.18. The number of aromatic nitrogens is 1. The zero-order valence-corrected chi connectivity index (χ0v) is 26.6. The molecule has 0 aliphatic rings. The van der Waals surface area contributed by atoms with Crippen LogP contribution in [0.25, 0.3) is 0 Å². The van der Waals surface area contributed by atoms with Crippen molar-refractivity contribution in [3.63, 3.8) is 0 Å². The van der Waals surface area contributed by atoms with Crippen molar-refractivity contribution >= 4 is 11.4 Å². The van der Waals surface area contributed by atoms with Gasteiger partial charge in [-0.2, -0.15) is 0 Å². The zero-order valence-electron chi connectivity index (χ0n) is 25.4. The predicted octanol–water partition coefficient (Wildman–Crippen LogP) is 8.60. The molecule has 0 atom stereocenters. The van der Waals surface area contributed by atoms with Gasteiger partial charge in [-0.05, 0) is 58.1 Å². The molecule has 1 heterocycles. The molecule has 0 saturated heterocycles. The van der Waals surface area contributed by atoms with Crippen molar-refractivity contribution in [3.8, 4) is 0 Å².